The Labute approximate surface area is 143 Å². The minimum absolute atomic E-state index is 0. The lowest BCUT2D eigenvalue weighted by atomic mass is 9.93. The van der Waals surface area contributed by atoms with E-state index in [1.165, 1.54) is 12.8 Å². The summed E-state index contributed by atoms with van der Waals surface area (Å²) in [5.74, 6) is 1.42. The molecule has 1 aliphatic rings. The minimum Gasteiger partial charge on any atom is -0.317 e. The Morgan fingerprint density at radius 3 is 2.83 bits per heavy atom. The summed E-state index contributed by atoms with van der Waals surface area (Å²) in [4.78, 5) is 16.8. The molecule has 0 saturated carbocycles. The van der Waals surface area contributed by atoms with Crippen LogP contribution < -0.4 is 10.6 Å². The third-order valence-electron chi connectivity index (χ3n) is 4.46. The molecule has 3 rings (SSSR count). The number of aryl methyl sites for hydroxylation is 1. The van der Waals surface area contributed by atoms with Gasteiger partial charge in [-0.2, -0.15) is 0 Å². The lowest BCUT2D eigenvalue weighted by Gasteiger charge is -2.22. The minimum atomic E-state index is 0. The Balaban J connectivity index is 0.00000192. The lowest BCUT2D eigenvalue weighted by molar-refractivity contribution is -0.116. The standard InChI is InChI=1S/C17H24N4O.ClH/c1-2-21-15-6-4-3-5-14(15)19-17(21)20-16(22)8-7-13-9-11-18-12-10-13;/h3-6,13,18H,2,7-12H2,1H3,(H,19,20,22);1H. The summed E-state index contributed by atoms with van der Waals surface area (Å²) in [6.45, 7) is 5.03. The summed E-state index contributed by atoms with van der Waals surface area (Å²) >= 11 is 0. The highest BCUT2D eigenvalue weighted by Crippen LogP contribution is 2.21. The number of aromatic nitrogens is 2. The van der Waals surface area contributed by atoms with E-state index in [-0.39, 0.29) is 18.3 Å². The molecule has 2 N–H and O–H groups in total. The Morgan fingerprint density at radius 1 is 1.35 bits per heavy atom. The zero-order chi connectivity index (χ0) is 15.4. The quantitative estimate of drug-likeness (QED) is 0.881. The average Bonchev–Trinajstić information content (AvgIpc) is 2.91. The molecular formula is C17H25ClN4O. The second kappa shape index (κ2) is 8.31. The van der Waals surface area contributed by atoms with E-state index in [0.717, 1.165) is 37.1 Å². The number of hydrogen-bond donors (Lipinski definition) is 2. The topological polar surface area (TPSA) is 59.0 Å². The Morgan fingerprint density at radius 2 is 2.09 bits per heavy atom. The van der Waals surface area contributed by atoms with Crippen LogP contribution in [-0.2, 0) is 11.3 Å². The van der Waals surface area contributed by atoms with E-state index in [1.807, 2.05) is 24.3 Å². The number of imidazole rings is 1. The van der Waals surface area contributed by atoms with Crippen molar-refractivity contribution in [3.8, 4) is 0 Å². The molecule has 1 aromatic heterocycles. The van der Waals surface area contributed by atoms with Crippen molar-refractivity contribution >= 4 is 35.3 Å². The summed E-state index contributed by atoms with van der Waals surface area (Å²) < 4.78 is 2.05. The largest absolute Gasteiger partial charge is 0.317 e. The first-order valence-electron chi connectivity index (χ1n) is 8.23. The third kappa shape index (κ3) is 4.24. The van der Waals surface area contributed by atoms with Gasteiger partial charge in [-0.3, -0.25) is 10.1 Å². The van der Waals surface area contributed by atoms with E-state index in [9.17, 15) is 4.79 Å². The van der Waals surface area contributed by atoms with Gasteiger partial charge in [0.2, 0.25) is 11.9 Å². The molecule has 1 aliphatic heterocycles. The van der Waals surface area contributed by atoms with Crippen molar-refractivity contribution in [3.63, 3.8) is 0 Å². The maximum Gasteiger partial charge on any atom is 0.226 e. The smallest absolute Gasteiger partial charge is 0.226 e. The molecule has 1 saturated heterocycles. The van der Waals surface area contributed by atoms with Gasteiger partial charge in [0.05, 0.1) is 11.0 Å². The first-order chi connectivity index (χ1) is 10.8. The maximum absolute atomic E-state index is 12.2. The molecule has 5 nitrogen and oxygen atoms in total. The van der Waals surface area contributed by atoms with Crippen LogP contribution in [-0.4, -0.2) is 28.5 Å². The van der Waals surface area contributed by atoms with Crippen LogP contribution in [0.1, 0.15) is 32.6 Å². The Kier molecular flexibility index (Phi) is 6.42. The van der Waals surface area contributed by atoms with E-state index in [2.05, 4.69) is 27.1 Å². The van der Waals surface area contributed by atoms with E-state index >= 15 is 0 Å². The predicted octanol–water partition coefficient (Wildman–Crippen LogP) is 3.20. The highest BCUT2D eigenvalue weighted by Gasteiger charge is 2.16. The maximum atomic E-state index is 12.2. The number of benzene rings is 1. The molecule has 0 aliphatic carbocycles. The number of fused-ring (bicyclic) bond motifs is 1. The molecule has 0 radical (unpaired) electrons. The van der Waals surface area contributed by atoms with Crippen LogP contribution in [0.15, 0.2) is 24.3 Å². The zero-order valence-corrected chi connectivity index (χ0v) is 14.4. The summed E-state index contributed by atoms with van der Waals surface area (Å²) in [5, 5.41) is 6.35. The van der Waals surface area contributed by atoms with Gasteiger partial charge in [-0.1, -0.05) is 12.1 Å². The monoisotopic (exact) mass is 336 g/mol. The number of amides is 1. The van der Waals surface area contributed by atoms with Crippen LogP contribution in [0.2, 0.25) is 0 Å². The fourth-order valence-electron chi connectivity index (χ4n) is 3.18. The molecule has 0 unspecified atom stereocenters. The number of hydrogen-bond acceptors (Lipinski definition) is 3. The molecule has 1 fully saturated rings. The number of nitrogens with one attached hydrogen (secondary N) is 2. The van der Waals surface area contributed by atoms with Crippen molar-refractivity contribution in [2.75, 3.05) is 18.4 Å². The summed E-state index contributed by atoms with van der Waals surface area (Å²) in [6.07, 6.45) is 3.92. The lowest BCUT2D eigenvalue weighted by Crippen LogP contribution is -2.28. The zero-order valence-electron chi connectivity index (χ0n) is 13.5. The van der Waals surface area contributed by atoms with Gasteiger partial charge in [0.25, 0.3) is 0 Å². The van der Waals surface area contributed by atoms with E-state index in [4.69, 9.17) is 0 Å². The number of rotatable bonds is 5. The third-order valence-corrected chi connectivity index (χ3v) is 4.46. The number of carbonyl (C=O) groups is 1. The Bertz CT molecular complexity index is 649. The van der Waals surface area contributed by atoms with Crippen molar-refractivity contribution in [2.24, 2.45) is 5.92 Å². The van der Waals surface area contributed by atoms with E-state index in [0.29, 0.717) is 18.3 Å². The van der Waals surface area contributed by atoms with Gasteiger partial charge in [-0.05, 0) is 57.3 Å². The molecule has 0 bridgehead atoms. The number of anilines is 1. The molecule has 6 heteroatoms. The molecular weight excluding hydrogens is 312 g/mol. The van der Waals surface area contributed by atoms with Crippen LogP contribution in [0.25, 0.3) is 11.0 Å². The summed E-state index contributed by atoms with van der Waals surface area (Å²) in [6, 6.07) is 7.99. The number of piperidine rings is 1. The van der Waals surface area contributed by atoms with Crippen molar-refractivity contribution in [3.05, 3.63) is 24.3 Å². The van der Waals surface area contributed by atoms with Gasteiger partial charge in [-0.15, -0.1) is 12.4 Å². The number of halogens is 1. The first kappa shape index (κ1) is 17.8. The SMILES string of the molecule is CCn1c(NC(=O)CCC2CCNCC2)nc2ccccc21.Cl. The highest BCUT2D eigenvalue weighted by atomic mass is 35.5. The van der Waals surface area contributed by atoms with Gasteiger partial charge in [0.1, 0.15) is 0 Å². The number of para-hydroxylation sites is 2. The van der Waals surface area contributed by atoms with E-state index < -0.39 is 0 Å². The fraction of sp³-hybridized carbons (Fsp3) is 0.529. The fourth-order valence-corrected chi connectivity index (χ4v) is 3.18. The highest BCUT2D eigenvalue weighted by molar-refractivity contribution is 5.91. The second-order valence-electron chi connectivity index (χ2n) is 5.95. The number of carbonyl (C=O) groups excluding carboxylic acids is 1. The average molecular weight is 337 g/mol. The summed E-state index contributed by atoms with van der Waals surface area (Å²) in [7, 11) is 0. The molecule has 2 aromatic rings. The first-order valence-corrected chi connectivity index (χ1v) is 8.23. The van der Waals surface area contributed by atoms with Crippen LogP contribution in [0.4, 0.5) is 5.95 Å². The summed E-state index contributed by atoms with van der Waals surface area (Å²) in [5.41, 5.74) is 2.00. The van der Waals surface area contributed by atoms with Gasteiger partial charge in [0, 0.05) is 13.0 Å². The van der Waals surface area contributed by atoms with Crippen molar-refractivity contribution in [1.82, 2.24) is 14.9 Å². The van der Waals surface area contributed by atoms with Crippen LogP contribution in [0, 0.1) is 5.92 Å². The molecule has 1 amide bonds. The molecule has 23 heavy (non-hydrogen) atoms. The van der Waals surface area contributed by atoms with Gasteiger partial charge in [0.15, 0.2) is 0 Å². The normalized spacial score (nSPS) is 15.3. The predicted molar refractivity (Wildman–Crippen MR) is 96.1 cm³/mol. The van der Waals surface area contributed by atoms with Gasteiger partial charge in [-0.25, -0.2) is 4.98 Å². The molecule has 0 spiro atoms. The molecule has 2 heterocycles. The van der Waals surface area contributed by atoms with E-state index in [1.54, 1.807) is 0 Å². The number of nitrogens with zero attached hydrogens (tertiary/aromatic N) is 2. The van der Waals surface area contributed by atoms with Gasteiger partial charge >= 0.3 is 0 Å². The van der Waals surface area contributed by atoms with Crippen LogP contribution >= 0.6 is 12.4 Å². The van der Waals surface area contributed by atoms with Crippen molar-refractivity contribution in [1.29, 1.82) is 0 Å². The molecule has 126 valence electrons. The molecule has 1 aromatic carbocycles. The van der Waals surface area contributed by atoms with Crippen LogP contribution in [0.5, 0.6) is 0 Å². The van der Waals surface area contributed by atoms with Crippen molar-refractivity contribution < 1.29 is 4.79 Å². The van der Waals surface area contributed by atoms with Gasteiger partial charge < -0.3 is 9.88 Å². The van der Waals surface area contributed by atoms with Crippen LogP contribution in [0.3, 0.4) is 0 Å². The molecule has 0 atom stereocenters. The second-order valence-corrected chi connectivity index (χ2v) is 5.95. The van der Waals surface area contributed by atoms with Crippen molar-refractivity contribution in [2.45, 2.75) is 39.2 Å². The Hall–Kier alpha value is -1.59.